The molecule has 1 atom stereocenters. The number of carbonyl (C=O) groups excluding carboxylic acids is 3. The third kappa shape index (κ3) is 5.15. The highest BCUT2D eigenvalue weighted by Gasteiger charge is 2.52. The van der Waals surface area contributed by atoms with E-state index in [1.54, 1.807) is 19.1 Å². The zero-order valence-electron chi connectivity index (χ0n) is 17.1. The second-order valence-corrected chi connectivity index (χ2v) is 8.42. The minimum atomic E-state index is -0.972. The fourth-order valence-electron chi connectivity index (χ4n) is 3.96. The number of ether oxygens (including phenoxy) is 1. The Kier molecular flexibility index (Phi) is 6.57. The summed E-state index contributed by atoms with van der Waals surface area (Å²) in [5, 5.41) is 13.2. The predicted molar refractivity (Wildman–Crippen MR) is 108 cm³/mol. The van der Waals surface area contributed by atoms with Gasteiger partial charge in [-0.25, -0.2) is 4.79 Å². The van der Waals surface area contributed by atoms with Gasteiger partial charge in [0.2, 0.25) is 0 Å². The van der Waals surface area contributed by atoms with Crippen molar-refractivity contribution in [2.45, 2.75) is 64.0 Å². The number of carbonyl (C=O) groups is 3. The fourth-order valence-corrected chi connectivity index (χ4v) is 3.96. The third-order valence-corrected chi connectivity index (χ3v) is 5.90. The number of benzene rings is 1. The van der Waals surface area contributed by atoms with E-state index in [-0.39, 0.29) is 24.8 Å². The summed E-state index contributed by atoms with van der Waals surface area (Å²) in [6.07, 6.45) is 3.34. The van der Waals surface area contributed by atoms with Crippen molar-refractivity contribution in [3.8, 4) is 5.75 Å². The first-order chi connectivity index (χ1) is 13.8. The van der Waals surface area contributed by atoms with Gasteiger partial charge in [0.05, 0.1) is 6.54 Å². The molecule has 3 amide bonds. The van der Waals surface area contributed by atoms with Crippen LogP contribution in [-0.4, -0.2) is 52.5 Å². The van der Waals surface area contributed by atoms with Crippen LogP contribution in [0, 0.1) is 5.92 Å². The molecule has 29 heavy (non-hydrogen) atoms. The highest BCUT2D eigenvalue weighted by molar-refractivity contribution is 6.07. The molecule has 0 aromatic heterocycles. The Morgan fingerprint density at radius 2 is 1.93 bits per heavy atom. The number of aliphatic hydroxyl groups is 1. The second kappa shape index (κ2) is 8.95. The molecule has 7 nitrogen and oxygen atoms in total. The van der Waals surface area contributed by atoms with Gasteiger partial charge < -0.3 is 20.0 Å². The monoisotopic (exact) mass is 402 g/mol. The standard InChI is InChI=1S/C22H30N2O5/c1-15-9-11-22(12-10-15)20(27)24(21(28)23-22)13-18(26)14-29-19-7-5-17(6-8-19)4-3-16(2)25/h5-8,15,18,26H,3-4,9-14H2,1-2H3,(H,23,28)/t15?,18-,22?/m1/s1. The van der Waals surface area contributed by atoms with Crippen LogP contribution in [-0.2, 0) is 16.0 Å². The Morgan fingerprint density at radius 3 is 2.55 bits per heavy atom. The SMILES string of the molecule is CC(=O)CCc1ccc(OC[C@H](O)CN2C(=O)NC3(CCC(C)CC3)C2=O)cc1. The average molecular weight is 402 g/mol. The summed E-state index contributed by atoms with van der Waals surface area (Å²) in [5.41, 5.74) is 0.249. The van der Waals surface area contributed by atoms with Crippen LogP contribution >= 0.6 is 0 Å². The average Bonchev–Trinajstić information content (AvgIpc) is 2.92. The molecule has 2 aliphatic rings. The summed E-state index contributed by atoms with van der Waals surface area (Å²) in [7, 11) is 0. The molecule has 1 aromatic rings. The van der Waals surface area contributed by atoms with Crippen LogP contribution in [0.2, 0.25) is 0 Å². The molecule has 0 radical (unpaired) electrons. The number of aliphatic hydroxyl groups excluding tert-OH is 1. The summed E-state index contributed by atoms with van der Waals surface area (Å²) in [6, 6.07) is 6.91. The summed E-state index contributed by atoms with van der Waals surface area (Å²) in [6.45, 7) is 3.62. The number of ketones is 1. The molecular formula is C22H30N2O5. The Hall–Kier alpha value is -2.41. The predicted octanol–water partition coefficient (Wildman–Crippen LogP) is 2.45. The summed E-state index contributed by atoms with van der Waals surface area (Å²) in [4.78, 5) is 37.3. The fraction of sp³-hybridized carbons (Fsp3) is 0.591. The number of nitrogens with zero attached hydrogens (tertiary/aromatic N) is 1. The lowest BCUT2D eigenvalue weighted by atomic mass is 9.77. The molecule has 0 bridgehead atoms. The van der Waals surface area contributed by atoms with E-state index in [4.69, 9.17) is 4.74 Å². The lowest BCUT2D eigenvalue weighted by molar-refractivity contribution is -0.133. The number of urea groups is 1. The van der Waals surface area contributed by atoms with E-state index in [0.29, 0.717) is 37.4 Å². The van der Waals surface area contributed by atoms with Gasteiger partial charge in [0, 0.05) is 6.42 Å². The number of hydrogen-bond donors (Lipinski definition) is 2. The number of imide groups is 1. The molecule has 2 fully saturated rings. The van der Waals surface area contributed by atoms with Crippen molar-refractivity contribution in [1.29, 1.82) is 0 Å². The van der Waals surface area contributed by atoms with Crippen LogP contribution in [0.4, 0.5) is 4.79 Å². The number of β-amino-alcohol motifs (C(OH)–C–C–N with tert-alkyl or cyclic N) is 1. The van der Waals surface area contributed by atoms with Crippen LogP contribution in [0.15, 0.2) is 24.3 Å². The summed E-state index contributed by atoms with van der Waals surface area (Å²) >= 11 is 0. The van der Waals surface area contributed by atoms with Crippen molar-refractivity contribution in [2.24, 2.45) is 5.92 Å². The van der Waals surface area contributed by atoms with Crippen molar-refractivity contribution in [3.63, 3.8) is 0 Å². The topological polar surface area (TPSA) is 95.9 Å². The van der Waals surface area contributed by atoms with Crippen molar-refractivity contribution in [2.75, 3.05) is 13.2 Å². The van der Waals surface area contributed by atoms with Gasteiger partial charge in [-0.05, 0) is 62.6 Å². The maximum atomic E-state index is 12.8. The van der Waals surface area contributed by atoms with E-state index >= 15 is 0 Å². The van der Waals surface area contributed by atoms with Gasteiger partial charge in [-0.3, -0.25) is 9.69 Å². The quantitative estimate of drug-likeness (QED) is 0.651. The van der Waals surface area contributed by atoms with Gasteiger partial charge in [-0.1, -0.05) is 19.1 Å². The lowest BCUT2D eigenvalue weighted by Crippen LogP contribution is -2.49. The van der Waals surface area contributed by atoms with Crippen LogP contribution < -0.4 is 10.1 Å². The minimum Gasteiger partial charge on any atom is -0.491 e. The third-order valence-electron chi connectivity index (χ3n) is 5.90. The molecule has 3 rings (SSSR count). The van der Waals surface area contributed by atoms with E-state index in [1.807, 2.05) is 12.1 Å². The van der Waals surface area contributed by atoms with E-state index in [1.165, 1.54) is 0 Å². The second-order valence-electron chi connectivity index (χ2n) is 8.42. The molecular weight excluding hydrogens is 372 g/mol. The van der Waals surface area contributed by atoms with Crippen molar-refractivity contribution < 1.29 is 24.2 Å². The number of aryl methyl sites for hydroxylation is 1. The number of rotatable bonds is 8. The van der Waals surface area contributed by atoms with E-state index in [0.717, 1.165) is 23.3 Å². The van der Waals surface area contributed by atoms with Crippen LogP contribution in [0.5, 0.6) is 5.75 Å². The number of hydrogen-bond acceptors (Lipinski definition) is 5. The minimum absolute atomic E-state index is 0.0200. The first-order valence-corrected chi connectivity index (χ1v) is 10.3. The van der Waals surface area contributed by atoms with Gasteiger partial charge in [-0.15, -0.1) is 0 Å². The van der Waals surface area contributed by atoms with Crippen LogP contribution in [0.3, 0.4) is 0 Å². The normalized spacial score (nSPS) is 25.2. The van der Waals surface area contributed by atoms with E-state index in [2.05, 4.69) is 12.2 Å². The molecule has 158 valence electrons. The van der Waals surface area contributed by atoms with E-state index < -0.39 is 17.7 Å². The van der Waals surface area contributed by atoms with Crippen LogP contribution in [0.25, 0.3) is 0 Å². The van der Waals surface area contributed by atoms with Crippen LogP contribution in [0.1, 0.15) is 51.5 Å². The number of amides is 3. The molecule has 0 unspecified atom stereocenters. The Morgan fingerprint density at radius 1 is 1.28 bits per heavy atom. The van der Waals surface area contributed by atoms with Gasteiger partial charge in [0.25, 0.3) is 5.91 Å². The van der Waals surface area contributed by atoms with Crippen molar-refractivity contribution >= 4 is 17.7 Å². The smallest absolute Gasteiger partial charge is 0.325 e. The van der Waals surface area contributed by atoms with Crippen molar-refractivity contribution in [1.82, 2.24) is 10.2 Å². The first kappa shape index (κ1) is 21.3. The van der Waals surface area contributed by atoms with Gasteiger partial charge in [-0.2, -0.15) is 0 Å². The first-order valence-electron chi connectivity index (χ1n) is 10.3. The highest BCUT2D eigenvalue weighted by atomic mass is 16.5. The molecule has 1 aromatic carbocycles. The Balaban J connectivity index is 1.49. The van der Waals surface area contributed by atoms with Gasteiger partial charge >= 0.3 is 6.03 Å². The zero-order valence-corrected chi connectivity index (χ0v) is 17.1. The zero-order chi connectivity index (χ0) is 21.0. The largest absolute Gasteiger partial charge is 0.491 e. The van der Waals surface area contributed by atoms with Crippen molar-refractivity contribution in [3.05, 3.63) is 29.8 Å². The molecule has 7 heteroatoms. The molecule has 2 N–H and O–H groups in total. The maximum Gasteiger partial charge on any atom is 0.325 e. The summed E-state index contributed by atoms with van der Waals surface area (Å²) < 4.78 is 5.59. The maximum absolute atomic E-state index is 12.8. The molecule has 1 saturated carbocycles. The van der Waals surface area contributed by atoms with E-state index in [9.17, 15) is 19.5 Å². The molecule has 1 heterocycles. The Labute approximate surface area is 171 Å². The Bertz CT molecular complexity index is 753. The highest BCUT2D eigenvalue weighted by Crippen LogP contribution is 2.36. The van der Waals surface area contributed by atoms with Gasteiger partial charge in [0.1, 0.15) is 29.8 Å². The summed E-state index contributed by atoms with van der Waals surface area (Å²) in [5.74, 6) is 1.07. The number of Topliss-reactive ketones (excluding diaryl/α,β-unsaturated/α-hetero) is 1. The molecule has 1 spiro atoms. The van der Waals surface area contributed by atoms with Gasteiger partial charge in [0.15, 0.2) is 0 Å². The lowest BCUT2D eigenvalue weighted by Gasteiger charge is -2.33. The number of nitrogens with one attached hydrogen (secondary N) is 1. The molecule has 1 aliphatic carbocycles. The molecule has 1 aliphatic heterocycles. The molecule has 1 saturated heterocycles.